The maximum atomic E-state index is 11.6. The van der Waals surface area contributed by atoms with E-state index in [4.69, 9.17) is 0 Å². The number of carboxylic acid groups (broad SMARTS) is 1. The van der Waals surface area contributed by atoms with Gasteiger partial charge in [-0.05, 0) is 86.3 Å². The van der Waals surface area contributed by atoms with Crippen LogP contribution in [0.15, 0.2) is 104 Å². The highest BCUT2D eigenvalue weighted by Crippen LogP contribution is 2.29. The van der Waals surface area contributed by atoms with Crippen molar-refractivity contribution in [3.05, 3.63) is 137 Å². The number of aryl methyl sites for hydroxylation is 1. The first-order valence-electron chi connectivity index (χ1n) is 14.8. The molecule has 1 saturated heterocycles. The van der Waals surface area contributed by atoms with Crippen LogP contribution in [0, 0.1) is 6.92 Å². The SMILES string of the molecule is C=C(c1cc(C(=O)O)ccn1)N(Cc1ccc(CN2CCC(NCCc3ccccc3)CC2)cc1)c1ccccc1C. The lowest BCUT2D eigenvalue weighted by atomic mass is 10.0. The predicted octanol–water partition coefficient (Wildman–Crippen LogP) is 6.56. The number of likely N-dealkylation sites (tertiary alicyclic amines) is 1. The van der Waals surface area contributed by atoms with E-state index in [1.54, 1.807) is 6.07 Å². The molecule has 0 atom stereocenters. The van der Waals surface area contributed by atoms with E-state index in [2.05, 4.69) is 100 Å². The van der Waals surface area contributed by atoms with E-state index in [0.29, 0.717) is 24.0 Å². The van der Waals surface area contributed by atoms with Crippen molar-refractivity contribution in [1.29, 1.82) is 0 Å². The zero-order chi connectivity index (χ0) is 29.3. The Morgan fingerprint density at radius 1 is 0.952 bits per heavy atom. The molecular weight excluding hydrogens is 520 g/mol. The van der Waals surface area contributed by atoms with Gasteiger partial charge in [0.25, 0.3) is 0 Å². The molecule has 3 aromatic carbocycles. The van der Waals surface area contributed by atoms with E-state index in [1.165, 1.54) is 36.2 Å². The molecule has 1 aliphatic heterocycles. The molecule has 0 amide bonds. The topological polar surface area (TPSA) is 68.7 Å². The van der Waals surface area contributed by atoms with Crippen molar-refractivity contribution in [2.45, 2.75) is 45.3 Å². The third-order valence-corrected chi connectivity index (χ3v) is 8.08. The lowest BCUT2D eigenvalue weighted by Crippen LogP contribution is -2.42. The fraction of sp³-hybridized carbons (Fsp3) is 0.278. The van der Waals surface area contributed by atoms with E-state index < -0.39 is 5.97 Å². The third-order valence-electron chi connectivity index (χ3n) is 8.08. The fourth-order valence-corrected chi connectivity index (χ4v) is 5.60. The summed E-state index contributed by atoms with van der Waals surface area (Å²) in [7, 11) is 0. The van der Waals surface area contributed by atoms with Gasteiger partial charge in [-0.15, -0.1) is 0 Å². The summed E-state index contributed by atoms with van der Waals surface area (Å²) in [6, 6.07) is 31.3. The minimum atomic E-state index is -0.979. The first kappa shape index (κ1) is 29.2. The maximum Gasteiger partial charge on any atom is 0.335 e. The van der Waals surface area contributed by atoms with Crippen molar-refractivity contribution in [2.75, 3.05) is 24.5 Å². The van der Waals surface area contributed by atoms with Crippen LogP contribution in [0.2, 0.25) is 0 Å². The Kier molecular flexibility index (Phi) is 9.80. The average Bonchev–Trinajstić information content (AvgIpc) is 3.02. The molecule has 4 aromatic rings. The zero-order valence-electron chi connectivity index (χ0n) is 24.4. The number of hydrogen-bond donors (Lipinski definition) is 2. The molecular formula is C36H40N4O2. The third kappa shape index (κ3) is 7.72. The van der Waals surface area contributed by atoms with Gasteiger partial charge in [-0.3, -0.25) is 9.88 Å². The monoisotopic (exact) mass is 560 g/mol. The van der Waals surface area contributed by atoms with Gasteiger partial charge in [0.2, 0.25) is 0 Å². The summed E-state index contributed by atoms with van der Waals surface area (Å²) < 4.78 is 0. The molecule has 6 nitrogen and oxygen atoms in total. The molecule has 0 unspecified atom stereocenters. The van der Waals surface area contributed by atoms with Crippen molar-refractivity contribution in [2.24, 2.45) is 0 Å². The van der Waals surface area contributed by atoms with Gasteiger partial charge in [-0.25, -0.2) is 4.79 Å². The number of carboxylic acids is 1. The number of carbonyl (C=O) groups is 1. The van der Waals surface area contributed by atoms with Crippen LogP contribution in [0.1, 0.15) is 51.1 Å². The molecule has 5 rings (SSSR count). The van der Waals surface area contributed by atoms with Gasteiger partial charge in [-0.2, -0.15) is 0 Å². The number of benzene rings is 3. The highest BCUT2D eigenvalue weighted by molar-refractivity contribution is 5.89. The first-order valence-corrected chi connectivity index (χ1v) is 14.8. The maximum absolute atomic E-state index is 11.6. The number of rotatable bonds is 12. The summed E-state index contributed by atoms with van der Waals surface area (Å²) in [4.78, 5) is 20.7. The summed E-state index contributed by atoms with van der Waals surface area (Å²) in [6.07, 6.45) is 4.96. The zero-order valence-corrected chi connectivity index (χ0v) is 24.4. The summed E-state index contributed by atoms with van der Waals surface area (Å²) in [5.74, 6) is -0.979. The van der Waals surface area contributed by atoms with Gasteiger partial charge in [0.05, 0.1) is 17.0 Å². The van der Waals surface area contributed by atoms with Crippen LogP contribution in [0.4, 0.5) is 5.69 Å². The second-order valence-electron chi connectivity index (χ2n) is 11.1. The van der Waals surface area contributed by atoms with Gasteiger partial charge in [-0.1, -0.05) is 79.4 Å². The lowest BCUT2D eigenvalue weighted by Gasteiger charge is -2.32. The molecule has 0 bridgehead atoms. The largest absolute Gasteiger partial charge is 0.478 e. The number of aromatic carboxylic acids is 1. The number of para-hydroxylation sites is 1. The Morgan fingerprint density at radius 3 is 2.36 bits per heavy atom. The normalized spacial score (nSPS) is 14.0. The highest BCUT2D eigenvalue weighted by atomic mass is 16.4. The minimum Gasteiger partial charge on any atom is -0.478 e. The van der Waals surface area contributed by atoms with Gasteiger partial charge >= 0.3 is 5.97 Å². The number of anilines is 1. The van der Waals surface area contributed by atoms with Crippen LogP contribution in [0.3, 0.4) is 0 Å². The van der Waals surface area contributed by atoms with Crippen LogP contribution >= 0.6 is 0 Å². The standard InChI is InChI=1S/C36H40N4O2/c1-27-8-6-7-11-35(27)40(28(2)34-24-32(36(41)42)17-21-38-34)26-31-14-12-30(13-15-31)25-39-22-18-33(19-23-39)37-20-16-29-9-4-3-5-10-29/h3-15,17,21,24,33,37H,2,16,18-20,22-23,25-26H2,1H3,(H,41,42). The molecule has 1 fully saturated rings. The van der Waals surface area contributed by atoms with E-state index in [9.17, 15) is 9.90 Å². The summed E-state index contributed by atoms with van der Waals surface area (Å²) in [5, 5.41) is 13.2. The Hall–Kier alpha value is -4.26. The second kappa shape index (κ2) is 14.1. The molecule has 216 valence electrons. The summed E-state index contributed by atoms with van der Waals surface area (Å²) >= 11 is 0. The fourth-order valence-electron chi connectivity index (χ4n) is 5.60. The molecule has 0 saturated carbocycles. The molecule has 0 radical (unpaired) electrons. The molecule has 0 spiro atoms. The van der Waals surface area contributed by atoms with Gasteiger partial charge < -0.3 is 15.3 Å². The van der Waals surface area contributed by atoms with E-state index in [-0.39, 0.29) is 5.56 Å². The highest BCUT2D eigenvalue weighted by Gasteiger charge is 2.20. The number of nitrogens with zero attached hydrogens (tertiary/aromatic N) is 3. The number of piperidine rings is 1. The molecule has 42 heavy (non-hydrogen) atoms. The second-order valence-corrected chi connectivity index (χ2v) is 11.1. The molecule has 1 aromatic heterocycles. The predicted molar refractivity (Wildman–Crippen MR) is 170 cm³/mol. The van der Waals surface area contributed by atoms with Crippen LogP contribution in [-0.4, -0.2) is 46.6 Å². The quantitative estimate of drug-likeness (QED) is 0.205. The number of pyridine rings is 1. The van der Waals surface area contributed by atoms with Crippen molar-refractivity contribution < 1.29 is 9.90 Å². The number of hydrogen-bond acceptors (Lipinski definition) is 5. The Morgan fingerprint density at radius 2 is 1.64 bits per heavy atom. The van der Waals surface area contributed by atoms with Crippen molar-refractivity contribution >= 4 is 17.4 Å². The van der Waals surface area contributed by atoms with Crippen molar-refractivity contribution in [3.63, 3.8) is 0 Å². The van der Waals surface area contributed by atoms with Gasteiger partial charge in [0.15, 0.2) is 0 Å². The Balaban J connectivity index is 1.18. The van der Waals surface area contributed by atoms with Crippen LogP contribution < -0.4 is 10.2 Å². The van der Waals surface area contributed by atoms with Crippen molar-refractivity contribution in [1.82, 2.24) is 15.2 Å². The van der Waals surface area contributed by atoms with Crippen LogP contribution in [0.25, 0.3) is 5.70 Å². The lowest BCUT2D eigenvalue weighted by molar-refractivity contribution is 0.0696. The van der Waals surface area contributed by atoms with Gasteiger partial charge in [0, 0.05) is 31.0 Å². The molecule has 2 N–H and O–H groups in total. The Labute approximate surface area is 249 Å². The molecule has 2 heterocycles. The average molecular weight is 561 g/mol. The van der Waals surface area contributed by atoms with Crippen molar-refractivity contribution in [3.8, 4) is 0 Å². The summed E-state index contributed by atoms with van der Waals surface area (Å²) in [5.41, 5.74) is 7.40. The van der Waals surface area contributed by atoms with E-state index in [1.807, 2.05) is 12.1 Å². The van der Waals surface area contributed by atoms with E-state index >= 15 is 0 Å². The Bertz CT molecular complexity index is 1480. The first-order chi connectivity index (χ1) is 20.5. The molecule has 0 aliphatic carbocycles. The van der Waals surface area contributed by atoms with E-state index in [0.717, 1.165) is 49.4 Å². The van der Waals surface area contributed by atoms with Crippen LogP contribution in [0.5, 0.6) is 0 Å². The minimum absolute atomic E-state index is 0.197. The molecule has 1 aliphatic rings. The summed E-state index contributed by atoms with van der Waals surface area (Å²) in [6.45, 7) is 11.2. The van der Waals surface area contributed by atoms with Crippen LogP contribution in [-0.2, 0) is 19.5 Å². The number of nitrogens with one attached hydrogen (secondary N) is 1. The number of aromatic nitrogens is 1. The molecule has 6 heteroatoms. The smallest absolute Gasteiger partial charge is 0.335 e. The van der Waals surface area contributed by atoms with Gasteiger partial charge in [0.1, 0.15) is 0 Å².